The van der Waals surface area contributed by atoms with Crippen LogP contribution in [0, 0.1) is 0 Å². The van der Waals surface area contributed by atoms with Crippen LogP contribution in [-0.2, 0) is 19.1 Å². The van der Waals surface area contributed by atoms with E-state index in [9.17, 15) is 14.4 Å². The number of ether oxygens (including phenoxy) is 1. The van der Waals surface area contributed by atoms with E-state index in [0.29, 0.717) is 10.7 Å². The Morgan fingerprint density at radius 3 is 2.90 bits per heavy atom. The number of esters is 1. The molecule has 21 heavy (non-hydrogen) atoms. The first-order chi connectivity index (χ1) is 10.0. The minimum atomic E-state index is -0.721. The number of hydrogen-bond acceptors (Lipinski definition) is 5. The molecule has 1 fully saturated rings. The van der Waals surface area contributed by atoms with Crippen molar-refractivity contribution in [3.63, 3.8) is 0 Å². The molecule has 0 radical (unpaired) electrons. The summed E-state index contributed by atoms with van der Waals surface area (Å²) in [5.74, 6) is -1.19. The first-order valence-electron chi connectivity index (χ1n) is 6.54. The second-order valence-electron chi connectivity index (χ2n) is 4.49. The van der Waals surface area contributed by atoms with Crippen molar-refractivity contribution < 1.29 is 19.1 Å². The van der Waals surface area contributed by atoms with Crippen LogP contribution in [0.2, 0.25) is 5.02 Å². The molecule has 1 aromatic rings. The molecule has 6 nitrogen and oxygen atoms in total. The lowest BCUT2D eigenvalue weighted by molar-refractivity contribution is -0.142. The smallest absolute Gasteiger partial charge is 0.319 e. The zero-order chi connectivity index (χ0) is 15.4. The van der Waals surface area contributed by atoms with Gasteiger partial charge in [-0.1, -0.05) is 17.7 Å². The predicted octanol–water partition coefficient (Wildman–Crippen LogP) is 1.12. The highest BCUT2D eigenvalue weighted by Gasteiger charge is 2.39. The van der Waals surface area contributed by atoms with Crippen molar-refractivity contribution >= 4 is 35.1 Å². The van der Waals surface area contributed by atoms with Gasteiger partial charge in [-0.25, -0.2) is 4.90 Å². The van der Waals surface area contributed by atoms with Crippen molar-refractivity contribution in [3.8, 4) is 0 Å². The van der Waals surface area contributed by atoms with Crippen LogP contribution in [0.1, 0.15) is 13.3 Å². The lowest BCUT2D eigenvalue weighted by Crippen LogP contribution is -2.41. The Morgan fingerprint density at radius 2 is 2.24 bits per heavy atom. The van der Waals surface area contributed by atoms with Gasteiger partial charge in [0.15, 0.2) is 0 Å². The number of hydrogen-bond donors (Lipinski definition) is 1. The molecule has 0 aromatic heterocycles. The number of anilines is 1. The van der Waals surface area contributed by atoms with Gasteiger partial charge in [0.05, 0.1) is 31.3 Å². The van der Waals surface area contributed by atoms with Gasteiger partial charge in [-0.15, -0.1) is 0 Å². The van der Waals surface area contributed by atoms with Crippen molar-refractivity contribution in [3.05, 3.63) is 29.3 Å². The summed E-state index contributed by atoms with van der Waals surface area (Å²) in [5.41, 5.74) is 0.429. The van der Waals surface area contributed by atoms with E-state index in [1.54, 1.807) is 31.2 Å². The van der Waals surface area contributed by atoms with Gasteiger partial charge >= 0.3 is 5.97 Å². The molecule has 1 aliphatic heterocycles. The zero-order valence-electron chi connectivity index (χ0n) is 11.5. The lowest BCUT2D eigenvalue weighted by Gasteiger charge is -2.15. The number of rotatable bonds is 5. The molecule has 0 aliphatic carbocycles. The average molecular weight is 311 g/mol. The van der Waals surface area contributed by atoms with Gasteiger partial charge in [-0.2, -0.15) is 0 Å². The number of nitrogens with one attached hydrogen (secondary N) is 1. The van der Waals surface area contributed by atoms with Crippen molar-refractivity contribution in [2.45, 2.75) is 19.4 Å². The SMILES string of the molecule is CCOC(=O)CN[C@H]1CC(=O)N(c2cccc(Cl)c2)C1=O. The van der Waals surface area contributed by atoms with E-state index in [0.717, 1.165) is 4.90 Å². The van der Waals surface area contributed by atoms with Crippen molar-refractivity contribution in [2.75, 3.05) is 18.1 Å². The second-order valence-corrected chi connectivity index (χ2v) is 4.93. The minimum Gasteiger partial charge on any atom is -0.465 e. The third-order valence-electron chi connectivity index (χ3n) is 3.01. The van der Waals surface area contributed by atoms with Crippen molar-refractivity contribution in [1.82, 2.24) is 5.32 Å². The molecule has 0 bridgehead atoms. The molecule has 0 saturated carbocycles. The molecule has 2 amide bonds. The standard InChI is InChI=1S/C14H15ClN2O4/c1-2-21-13(19)8-16-11-7-12(18)17(14(11)20)10-5-3-4-9(15)6-10/h3-6,11,16H,2,7-8H2,1H3/t11-/m0/s1. The molecule has 1 saturated heterocycles. The van der Waals surface area contributed by atoms with Gasteiger partial charge < -0.3 is 4.74 Å². The van der Waals surface area contributed by atoms with Gasteiger partial charge in [0, 0.05) is 5.02 Å². The minimum absolute atomic E-state index is 0.00471. The lowest BCUT2D eigenvalue weighted by atomic mass is 10.2. The predicted molar refractivity (Wildman–Crippen MR) is 77.0 cm³/mol. The van der Waals surface area contributed by atoms with Crippen LogP contribution in [0.15, 0.2) is 24.3 Å². The third kappa shape index (κ3) is 3.59. The van der Waals surface area contributed by atoms with Crippen molar-refractivity contribution in [1.29, 1.82) is 0 Å². The summed E-state index contributed by atoms with van der Waals surface area (Å²) < 4.78 is 4.76. The average Bonchev–Trinajstić information content (AvgIpc) is 2.71. The molecule has 2 rings (SSSR count). The van der Waals surface area contributed by atoms with Crippen LogP contribution < -0.4 is 10.2 Å². The monoisotopic (exact) mass is 310 g/mol. The highest BCUT2D eigenvalue weighted by molar-refractivity contribution is 6.31. The topological polar surface area (TPSA) is 75.7 Å². The third-order valence-corrected chi connectivity index (χ3v) is 3.25. The quantitative estimate of drug-likeness (QED) is 0.651. The fourth-order valence-corrected chi connectivity index (χ4v) is 2.28. The maximum atomic E-state index is 12.2. The number of benzene rings is 1. The first kappa shape index (κ1) is 15.5. The van der Waals surface area contributed by atoms with Gasteiger partial charge in [-0.3, -0.25) is 19.7 Å². The summed E-state index contributed by atoms with van der Waals surface area (Å²) in [7, 11) is 0. The fraction of sp³-hybridized carbons (Fsp3) is 0.357. The number of carbonyl (C=O) groups is 3. The zero-order valence-corrected chi connectivity index (χ0v) is 12.2. The summed E-state index contributed by atoms with van der Waals surface area (Å²) in [5, 5.41) is 3.18. The Morgan fingerprint density at radius 1 is 1.48 bits per heavy atom. The Kier molecular flexibility index (Phi) is 4.93. The van der Waals surface area contributed by atoms with Crippen LogP contribution in [-0.4, -0.2) is 37.0 Å². The van der Waals surface area contributed by atoms with Gasteiger partial charge in [0.25, 0.3) is 5.91 Å². The maximum absolute atomic E-state index is 12.2. The van der Waals surface area contributed by atoms with E-state index in [2.05, 4.69) is 5.32 Å². The van der Waals surface area contributed by atoms with E-state index in [1.165, 1.54) is 0 Å². The van der Waals surface area contributed by atoms with Crippen molar-refractivity contribution in [2.24, 2.45) is 0 Å². The Balaban J connectivity index is 2.05. The van der Waals surface area contributed by atoms with E-state index < -0.39 is 17.9 Å². The summed E-state index contributed by atoms with van der Waals surface area (Å²) in [4.78, 5) is 36.6. The van der Waals surface area contributed by atoms with Gasteiger partial charge in [-0.05, 0) is 25.1 Å². The number of halogens is 1. The molecule has 7 heteroatoms. The van der Waals surface area contributed by atoms with Crippen LogP contribution in [0.5, 0.6) is 0 Å². The van der Waals surface area contributed by atoms with Crippen LogP contribution >= 0.6 is 11.6 Å². The molecule has 1 atom stereocenters. The molecular weight excluding hydrogens is 296 g/mol. The molecule has 112 valence electrons. The first-order valence-corrected chi connectivity index (χ1v) is 6.92. The molecule has 1 aromatic carbocycles. The van der Waals surface area contributed by atoms with E-state index >= 15 is 0 Å². The normalized spacial score (nSPS) is 18.2. The Labute approximate surface area is 127 Å². The van der Waals surface area contributed by atoms with E-state index in [1.807, 2.05) is 0 Å². The van der Waals surface area contributed by atoms with Crippen LogP contribution in [0.4, 0.5) is 5.69 Å². The Bertz CT molecular complexity index is 576. The van der Waals surface area contributed by atoms with Gasteiger partial charge in [0.1, 0.15) is 0 Å². The summed E-state index contributed by atoms with van der Waals surface area (Å²) >= 11 is 5.87. The summed E-state index contributed by atoms with van der Waals surface area (Å²) in [6.07, 6.45) is 0.00471. The molecule has 0 unspecified atom stereocenters. The van der Waals surface area contributed by atoms with E-state index in [4.69, 9.17) is 16.3 Å². The fourth-order valence-electron chi connectivity index (χ4n) is 2.10. The van der Waals surface area contributed by atoms with Crippen LogP contribution in [0.3, 0.4) is 0 Å². The van der Waals surface area contributed by atoms with E-state index in [-0.39, 0.29) is 25.5 Å². The highest BCUT2D eigenvalue weighted by Crippen LogP contribution is 2.25. The number of carbonyl (C=O) groups excluding carboxylic acids is 3. The van der Waals surface area contributed by atoms with Gasteiger partial charge in [0.2, 0.25) is 5.91 Å². The summed E-state index contributed by atoms with van der Waals surface area (Å²) in [6.45, 7) is 1.86. The molecule has 1 heterocycles. The molecule has 1 N–H and O–H groups in total. The maximum Gasteiger partial charge on any atom is 0.319 e. The molecule has 1 aliphatic rings. The van der Waals surface area contributed by atoms with Crippen LogP contribution in [0.25, 0.3) is 0 Å². The number of imide groups is 1. The number of amides is 2. The highest BCUT2D eigenvalue weighted by atomic mass is 35.5. The Hall–Kier alpha value is -1.92. The largest absolute Gasteiger partial charge is 0.465 e. The number of nitrogens with zero attached hydrogens (tertiary/aromatic N) is 1. The second kappa shape index (κ2) is 6.69. The molecule has 0 spiro atoms. The summed E-state index contributed by atoms with van der Waals surface area (Å²) in [6, 6.07) is 5.78. The molecular formula is C14H15ClN2O4.